The molecular weight excluding hydrogens is 356 g/mol. The van der Waals surface area contributed by atoms with Gasteiger partial charge >= 0.3 is 0 Å². The van der Waals surface area contributed by atoms with E-state index in [9.17, 15) is 0 Å². The van der Waals surface area contributed by atoms with Crippen molar-refractivity contribution < 1.29 is 4.63 Å². The van der Waals surface area contributed by atoms with Gasteiger partial charge in [0, 0.05) is 38.4 Å². The summed E-state index contributed by atoms with van der Waals surface area (Å²) in [7, 11) is 0. The highest BCUT2D eigenvalue weighted by Crippen LogP contribution is 2.19. The summed E-state index contributed by atoms with van der Waals surface area (Å²) in [6.45, 7) is 5.21. The number of rotatable bonds is 5. The summed E-state index contributed by atoms with van der Waals surface area (Å²) in [4.78, 5) is 4.93. The standard InChI is InChI=1S/C19H20N8O/c1-6-18-19(22-28-21-18)13-15(1)7-8-25-9-11-26(12-10-25)16-2-4-17(5-3-16)27-14-20-23-24-27/h1-6,13-14H,7-12H2. The van der Waals surface area contributed by atoms with Crippen molar-refractivity contribution >= 4 is 16.7 Å². The lowest BCUT2D eigenvalue weighted by atomic mass is 10.1. The summed E-state index contributed by atoms with van der Waals surface area (Å²) in [5.41, 5.74) is 5.10. The summed E-state index contributed by atoms with van der Waals surface area (Å²) in [5.74, 6) is 0. The van der Waals surface area contributed by atoms with E-state index in [-0.39, 0.29) is 0 Å². The highest BCUT2D eigenvalue weighted by molar-refractivity contribution is 5.73. The molecule has 1 fully saturated rings. The molecule has 1 aliphatic heterocycles. The van der Waals surface area contributed by atoms with Crippen LogP contribution in [0, 0.1) is 0 Å². The van der Waals surface area contributed by atoms with Crippen molar-refractivity contribution in [2.24, 2.45) is 0 Å². The van der Waals surface area contributed by atoms with Crippen molar-refractivity contribution in [2.75, 3.05) is 37.6 Å². The zero-order valence-corrected chi connectivity index (χ0v) is 15.3. The van der Waals surface area contributed by atoms with Crippen molar-refractivity contribution in [3.8, 4) is 5.69 Å². The first-order chi connectivity index (χ1) is 13.8. The molecule has 4 aromatic rings. The Kier molecular flexibility index (Phi) is 4.42. The monoisotopic (exact) mass is 376 g/mol. The van der Waals surface area contributed by atoms with E-state index < -0.39 is 0 Å². The van der Waals surface area contributed by atoms with Gasteiger partial charge in [-0.1, -0.05) is 6.07 Å². The SMILES string of the molecule is c1cc2nonc2cc1CCN1CCN(c2ccc(-n3cnnn3)cc2)CC1. The van der Waals surface area contributed by atoms with Crippen LogP contribution in [0.1, 0.15) is 5.56 Å². The van der Waals surface area contributed by atoms with Crippen molar-refractivity contribution in [3.05, 3.63) is 54.4 Å². The van der Waals surface area contributed by atoms with Crippen LogP contribution in [0.25, 0.3) is 16.7 Å². The topological polar surface area (TPSA) is 89.0 Å². The van der Waals surface area contributed by atoms with Crippen LogP contribution in [0.3, 0.4) is 0 Å². The summed E-state index contributed by atoms with van der Waals surface area (Å²) in [6.07, 6.45) is 2.61. The van der Waals surface area contributed by atoms with E-state index in [1.54, 1.807) is 11.0 Å². The lowest BCUT2D eigenvalue weighted by molar-refractivity contribution is 0.261. The van der Waals surface area contributed by atoms with Crippen LogP contribution in [0.5, 0.6) is 0 Å². The fourth-order valence-electron chi connectivity index (χ4n) is 3.60. The van der Waals surface area contributed by atoms with Gasteiger partial charge in [-0.15, -0.1) is 5.10 Å². The number of hydrogen-bond donors (Lipinski definition) is 0. The number of nitrogens with zero attached hydrogens (tertiary/aromatic N) is 8. The molecule has 2 aromatic carbocycles. The number of fused-ring (bicyclic) bond motifs is 1. The molecule has 5 rings (SSSR count). The van der Waals surface area contributed by atoms with Gasteiger partial charge in [-0.05, 0) is 69.1 Å². The molecule has 3 heterocycles. The second-order valence-corrected chi connectivity index (χ2v) is 6.94. The fraction of sp³-hybridized carbons (Fsp3) is 0.316. The Labute approximate surface area is 161 Å². The maximum atomic E-state index is 4.77. The average Bonchev–Trinajstić information content (AvgIpc) is 3.44. The van der Waals surface area contributed by atoms with Crippen molar-refractivity contribution in [1.29, 1.82) is 0 Å². The van der Waals surface area contributed by atoms with E-state index in [1.165, 1.54) is 11.3 Å². The molecule has 0 spiro atoms. The zero-order valence-electron chi connectivity index (χ0n) is 15.3. The Morgan fingerprint density at radius 2 is 1.64 bits per heavy atom. The molecule has 0 unspecified atom stereocenters. The van der Waals surface area contributed by atoms with Gasteiger partial charge in [0.25, 0.3) is 0 Å². The van der Waals surface area contributed by atoms with Gasteiger partial charge in [-0.3, -0.25) is 4.90 Å². The lowest BCUT2D eigenvalue weighted by Crippen LogP contribution is -2.47. The molecule has 0 aliphatic carbocycles. The third-order valence-electron chi connectivity index (χ3n) is 5.24. The minimum absolute atomic E-state index is 0.809. The number of benzene rings is 2. The van der Waals surface area contributed by atoms with Crippen LogP contribution in [0.15, 0.2) is 53.4 Å². The molecule has 2 aromatic heterocycles. The third kappa shape index (κ3) is 3.44. The van der Waals surface area contributed by atoms with Crippen molar-refractivity contribution in [1.82, 2.24) is 35.4 Å². The van der Waals surface area contributed by atoms with Crippen LogP contribution in [-0.2, 0) is 6.42 Å². The summed E-state index contributed by atoms with van der Waals surface area (Å²) in [6, 6.07) is 14.5. The Bertz CT molecular complexity index is 1040. The van der Waals surface area contributed by atoms with Crippen LogP contribution in [0.4, 0.5) is 5.69 Å². The normalized spacial score (nSPS) is 15.4. The first-order valence-electron chi connectivity index (χ1n) is 9.37. The number of tetrazole rings is 1. The minimum atomic E-state index is 0.809. The minimum Gasteiger partial charge on any atom is -0.369 e. The largest absolute Gasteiger partial charge is 0.369 e. The molecule has 0 radical (unpaired) electrons. The number of anilines is 1. The third-order valence-corrected chi connectivity index (χ3v) is 5.24. The van der Waals surface area contributed by atoms with Crippen LogP contribution >= 0.6 is 0 Å². The second kappa shape index (κ2) is 7.35. The van der Waals surface area contributed by atoms with Crippen LogP contribution in [-0.4, -0.2) is 68.1 Å². The predicted octanol–water partition coefficient (Wildman–Crippen LogP) is 1.56. The predicted molar refractivity (Wildman–Crippen MR) is 103 cm³/mol. The molecular formula is C19H20N8O. The molecule has 9 nitrogen and oxygen atoms in total. The lowest BCUT2D eigenvalue weighted by Gasteiger charge is -2.36. The van der Waals surface area contributed by atoms with Gasteiger partial charge in [0.05, 0.1) is 5.69 Å². The molecule has 0 saturated carbocycles. The highest BCUT2D eigenvalue weighted by atomic mass is 16.6. The molecule has 28 heavy (non-hydrogen) atoms. The zero-order chi connectivity index (χ0) is 18.8. The first-order valence-corrected chi connectivity index (χ1v) is 9.37. The van der Waals surface area contributed by atoms with E-state index in [2.05, 4.69) is 59.9 Å². The van der Waals surface area contributed by atoms with Gasteiger partial charge < -0.3 is 4.90 Å². The van der Waals surface area contributed by atoms with E-state index >= 15 is 0 Å². The summed E-state index contributed by atoms with van der Waals surface area (Å²) in [5, 5.41) is 19.0. The van der Waals surface area contributed by atoms with Gasteiger partial charge in [-0.25, -0.2) is 9.31 Å². The van der Waals surface area contributed by atoms with Crippen molar-refractivity contribution in [3.63, 3.8) is 0 Å². The van der Waals surface area contributed by atoms with Gasteiger partial charge in [0.15, 0.2) is 0 Å². The Balaban J connectivity index is 1.15. The van der Waals surface area contributed by atoms with E-state index in [1.807, 2.05) is 18.2 Å². The fourth-order valence-corrected chi connectivity index (χ4v) is 3.60. The van der Waals surface area contributed by atoms with Crippen molar-refractivity contribution in [2.45, 2.75) is 6.42 Å². The number of piperazine rings is 1. The molecule has 0 amide bonds. The molecule has 0 bridgehead atoms. The summed E-state index contributed by atoms with van der Waals surface area (Å²) < 4.78 is 6.43. The quantitative estimate of drug-likeness (QED) is 0.518. The molecule has 0 atom stereocenters. The van der Waals surface area contributed by atoms with Gasteiger partial charge in [-0.2, -0.15) is 0 Å². The first kappa shape index (κ1) is 16.8. The van der Waals surface area contributed by atoms with E-state index in [4.69, 9.17) is 4.63 Å². The van der Waals surface area contributed by atoms with Gasteiger partial charge in [0.2, 0.25) is 0 Å². The highest BCUT2D eigenvalue weighted by Gasteiger charge is 2.17. The van der Waals surface area contributed by atoms with Crippen LogP contribution < -0.4 is 4.90 Å². The maximum Gasteiger partial charge on any atom is 0.143 e. The maximum absolute atomic E-state index is 4.77. The van der Waals surface area contributed by atoms with Crippen LogP contribution in [0.2, 0.25) is 0 Å². The molecule has 142 valence electrons. The molecule has 9 heteroatoms. The summed E-state index contributed by atoms with van der Waals surface area (Å²) >= 11 is 0. The van der Waals surface area contributed by atoms with E-state index in [0.717, 1.165) is 55.9 Å². The number of aromatic nitrogens is 6. The Hall–Kier alpha value is -3.33. The second-order valence-electron chi connectivity index (χ2n) is 6.94. The molecule has 1 aliphatic rings. The Morgan fingerprint density at radius 1 is 0.857 bits per heavy atom. The Morgan fingerprint density at radius 3 is 2.43 bits per heavy atom. The molecule has 1 saturated heterocycles. The molecule has 0 N–H and O–H groups in total. The van der Waals surface area contributed by atoms with Gasteiger partial charge in [0.1, 0.15) is 17.4 Å². The smallest absolute Gasteiger partial charge is 0.143 e. The number of hydrogen-bond acceptors (Lipinski definition) is 8. The average molecular weight is 376 g/mol. The van der Waals surface area contributed by atoms with E-state index in [0.29, 0.717) is 0 Å².